The standard InChI is InChI=1S/C16H18F3NO2/c1-2-11(10-15(22)20-9-3-4-14(20)21)12-5-7-13(8-6-12)16(17,18)19/h5-8,11H,2-4,9-10H2,1H3. The number of hydrogen-bond acceptors (Lipinski definition) is 2. The molecule has 0 aromatic heterocycles. The summed E-state index contributed by atoms with van der Waals surface area (Å²) < 4.78 is 37.7. The molecule has 0 N–H and O–H groups in total. The number of alkyl halides is 3. The Hall–Kier alpha value is -1.85. The number of carbonyl (C=O) groups is 2. The minimum absolute atomic E-state index is 0.146. The summed E-state index contributed by atoms with van der Waals surface area (Å²) in [7, 11) is 0. The van der Waals surface area contributed by atoms with Crippen LogP contribution in [0.2, 0.25) is 0 Å². The average molecular weight is 313 g/mol. The molecule has 1 heterocycles. The van der Waals surface area contributed by atoms with E-state index in [1.54, 1.807) is 0 Å². The van der Waals surface area contributed by atoms with Gasteiger partial charge in [0.15, 0.2) is 0 Å². The maximum Gasteiger partial charge on any atom is 0.416 e. The van der Waals surface area contributed by atoms with Crippen molar-refractivity contribution < 1.29 is 22.8 Å². The lowest BCUT2D eigenvalue weighted by molar-refractivity contribution is -0.142. The number of imide groups is 1. The molecule has 3 nitrogen and oxygen atoms in total. The molecule has 1 fully saturated rings. The Labute approximate surface area is 127 Å². The summed E-state index contributed by atoms with van der Waals surface area (Å²) in [5, 5.41) is 0. The van der Waals surface area contributed by atoms with E-state index in [1.165, 1.54) is 17.0 Å². The second-order valence-corrected chi connectivity index (χ2v) is 5.47. The van der Waals surface area contributed by atoms with Crippen LogP contribution in [0.1, 0.15) is 49.7 Å². The number of hydrogen-bond donors (Lipinski definition) is 0. The van der Waals surface area contributed by atoms with Gasteiger partial charge >= 0.3 is 6.18 Å². The number of nitrogens with zero attached hydrogens (tertiary/aromatic N) is 1. The largest absolute Gasteiger partial charge is 0.416 e. The van der Waals surface area contributed by atoms with Gasteiger partial charge in [-0.2, -0.15) is 13.2 Å². The van der Waals surface area contributed by atoms with Gasteiger partial charge in [0.25, 0.3) is 0 Å². The number of rotatable bonds is 4. The summed E-state index contributed by atoms with van der Waals surface area (Å²) in [5.41, 5.74) is -0.0114. The zero-order chi connectivity index (χ0) is 16.3. The predicted molar refractivity (Wildman–Crippen MR) is 75.0 cm³/mol. The Morgan fingerprint density at radius 2 is 1.91 bits per heavy atom. The van der Waals surface area contributed by atoms with E-state index in [1.807, 2.05) is 6.92 Å². The van der Waals surface area contributed by atoms with Crippen LogP contribution in [-0.2, 0) is 15.8 Å². The number of likely N-dealkylation sites (tertiary alicyclic amines) is 1. The van der Waals surface area contributed by atoms with Crippen LogP contribution in [0.25, 0.3) is 0 Å². The Kier molecular flexibility index (Phi) is 4.88. The summed E-state index contributed by atoms with van der Waals surface area (Å²) >= 11 is 0. The van der Waals surface area contributed by atoms with Crippen molar-refractivity contribution in [3.8, 4) is 0 Å². The van der Waals surface area contributed by atoms with Gasteiger partial charge in [0.1, 0.15) is 0 Å². The molecule has 1 unspecified atom stereocenters. The van der Waals surface area contributed by atoms with Crippen LogP contribution < -0.4 is 0 Å². The molecule has 2 amide bonds. The fraction of sp³-hybridized carbons (Fsp3) is 0.500. The Morgan fingerprint density at radius 3 is 2.36 bits per heavy atom. The van der Waals surface area contributed by atoms with E-state index in [0.29, 0.717) is 31.4 Å². The quantitative estimate of drug-likeness (QED) is 0.849. The van der Waals surface area contributed by atoms with Gasteiger partial charge in [-0.1, -0.05) is 19.1 Å². The molecule has 1 atom stereocenters. The fourth-order valence-electron chi connectivity index (χ4n) is 2.67. The van der Waals surface area contributed by atoms with Gasteiger partial charge in [0, 0.05) is 19.4 Å². The average Bonchev–Trinajstić information content (AvgIpc) is 2.90. The highest BCUT2D eigenvalue weighted by Crippen LogP contribution is 2.32. The zero-order valence-electron chi connectivity index (χ0n) is 12.3. The number of carbonyl (C=O) groups excluding carboxylic acids is 2. The summed E-state index contributed by atoms with van der Waals surface area (Å²) in [5.74, 6) is -0.579. The van der Waals surface area contributed by atoms with Crippen molar-refractivity contribution in [1.82, 2.24) is 4.90 Å². The SMILES string of the molecule is CCC(CC(=O)N1CCCC1=O)c1ccc(C(F)(F)F)cc1. The van der Waals surface area contributed by atoms with Crippen molar-refractivity contribution in [3.05, 3.63) is 35.4 Å². The first-order valence-corrected chi connectivity index (χ1v) is 7.33. The third-order valence-electron chi connectivity index (χ3n) is 4.00. The van der Waals surface area contributed by atoms with Crippen molar-refractivity contribution in [2.24, 2.45) is 0 Å². The van der Waals surface area contributed by atoms with Crippen LogP contribution in [0.15, 0.2) is 24.3 Å². The molecule has 1 aliphatic rings. The van der Waals surface area contributed by atoms with Crippen molar-refractivity contribution >= 4 is 11.8 Å². The minimum atomic E-state index is -4.36. The van der Waals surface area contributed by atoms with Gasteiger partial charge in [-0.25, -0.2) is 0 Å². The van der Waals surface area contributed by atoms with Crippen LogP contribution >= 0.6 is 0 Å². The van der Waals surface area contributed by atoms with Crippen LogP contribution in [-0.4, -0.2) is 23.3 Å². The van der Waals surface area contributed by atoms with E-state index >= 15 is 0 Å². The number of benzene rings is 1. The summed E-state index contributed by atoms with van der Waals surface area (Å²) in [6.07, 6.45) is -2.52. The molecule has 0 aliphatic carbocycles. The molecule has 6 heteroatoms. The molecule has 0 saturated carbocycles. The first-order valence-electron chi connectivity index (χ1n) is 7.33. The molecule has 1 aromatic rings. The molecule has 1 saturated heterocycles. The minimum Gasteiger partial charge on any atom is -0.283 e. The van der Waals surface area contributed by atoms with Crippen LogP contribution in [0, 0.1) is 0 Å². The summed E-state index contributed by atoms with van der Waals surface area (Å²) in [6, 6.07) is 4.89. The van der Waals surface area contributed by atoms with E-state index in [-0.39, 0.29) is 24.2 Å². The van der Waals surface area contributed by atoms with Crippen molar-refractivity contribution in [2.75, 3.05) is 6.54 Å². The summed E-state index contributed by atoms with van der Waals surface area (Å²) in [6.45, 7) is 2.32. The first-order chi connectivity index (χ1) is 10.3. The third kappa shape index (κ3) is 3.67. The smallest absolute Gasteiger partial charge is 0.283 e. The lowest BCUT2D eigenvalue weighted by atomic mass is 9.92. The van der Waals surface area contributed by atoms with Crippen molar-refractivity contribution in [2.45, 2.75) is 44.7 Å². The molecule has 0 radical (unpaired) electrons. The normalized spacial score (nSPS) is 16.9. The van der Waals surface area contributed by atoms with Crippen LogP contribution in [0.5, 0.6) is 0 Å². The summed E-state index contributed by atoms with van der Waals surface area (Å²) in [4.78, 5) is 25.0. The second-order valence-electron chi connectivity index (χ2n) is 5.47. The van der Waals surface area contributed by atoms with Gasteiger partial charge in [-0.3, -0.25) is 14.5 Å². The lowest BCUT2D eigenvalue weighted by Gasteiger charge is -2.19. The molecule has 22 heavy (non-hydrogen) atoms. The maximum absolute atomic E-state index is 12.6. The number of halogens is 3. The number of amides is 2. The molecule has 1 aliphatic heterocycles. The molecule has 0 bridgehead atoms. The van der Waals surface area contributed by atoms with E-state index in [9.17, 15) is 22.8 Å². The van der Waals surface area contributed by atoms with Crippen molar-refractivity contribution in [1.29, 1.82) is 0 Å². The highest BCUT2D eigenvalue weighted by Gasteiger charge is 2.31. The van der Waals surface area contributed by atoms with Gasteiger partial charge in [0.2, 0.25) is 11.8 Å². The Bertz CT molecular complexity index is 552. The van der Waals surface area contributed by atoms with E-state index in [4.69, 9.17) is 0 Å². The predicted octanol–water partition coefficient (Wildman–Crippen LogP) is 3.74. The third-order valence-corrected chi connectivity index (χ3v) is 4.00. The topological polar surface area (TPSA) is 37.4 Å². The van der Waals surface area contributed by atoms with Gasteiger partial charge in [0.05, 0.1) is 5.56 Å². The van der Waals surface area contributed by atoms with Crippen molar-refractivity contribution in [3.63, 3.8) is 0 Å². The van der Waals surface area contributed by atoms with Gasteiger partial charge in [-0.05, 0) is 36.5 Å². The van der Waals surface area contributed by atoms with Gasteiger partial charge in [-0.15, -0.1) is 0 Å². The monoisotopic (exact) mass is 313 g/mol. The van der Waals surface area contributed by atoms with E-state index < -0.39 is 11.7 Å². The zero-order valence-corrected chi connectivity index (χ0v) is 12.3. The Morgan fingerprint density at radius 1 is 1.27 bits per heavy atom. The van der Waals surface area contributed by atoms with Crippen LogP contribution in [0.4, 0.5) is 13.2 Å². The molecule has 0 spiro atoms. The van der Waals surface area contributed by atoms with E-state index in [2.05, 4.69) is 0 Å². The highest BCUT2D eigenvalue weighted by molar-refractivity contribution is 5.96. The molecular formula is C16H18F3NO2. The Balaban J connectivity index is 2.08. The molecular weight excluding hydrogens is 295 g/mol. The second kappa shape index (κ2) is 6.50. The van der Waals surface area contributed by atoms with E-state index in [0.717, 1.165) is 12.1 Å². The molecule has 2 rings (SSSR count). The lowest BCUT2D eigenvalue weighted by Crippen LogP contribution is -2.32. The highest BCUT2D eigenvalue weighted by atomic mass is 19.4. The molecule has 120 valence electrons. The molecule has 1 aromatic carbocycles. The van der Waals surface area contributed by atoms with Crippen LogP contribution in [0.3, 0.4) is 0 Å². The first kappa shape index (κ1) is 16.5. The van der Waals surface area contributed by atoms with Gasteiger partial charge < -0.3 is 0 Å². The maximum atomic E-state index is 12.6. The fourth-order valence-corrected chi connectivity index (χ4v) is 2.67.